The van der Waals surface area contributed by atoms with Gasteiger partial charge in [0.05, 0.1) is 6.67 Å². The molecule has 0 saturated carbocycles. The summed E-state index contributed by atoms with van der Waals surface area (Å²) in [5.74, 6) is 0.223. The SMILES string of the molecule is CN1C=CN(C(=O)CCC(C)(C)C)C1. The molecule has 0 spiro atoms. The molecule has 0 N–H and O–H groups in total. The predicted molar refractivity (Wildman–Crippen MR) is 57.3 cm³/mol. The highest BCUT2D eigenvalue weighted by molar-refractivity contribution is 5.77. The molecule has 0 saturated heterocycles. The molecule has 0 bridgehead atoms. The average molecular weight is 196 g/mol. The maximum atomic E-state index is 11.7. The highest BCUT2D eigenvalue weighted by Crippen LogP contribution is 2.21. The third-order valence-corrected chi connectivity index (χ3v) is 2.29. The molecule has 0 fully saturated rings. The maximum Gasteiger partial charge on any atom is 0.228 e. The Morgan fingerprint density at radius 3 is 2.43 bits per heavy atom. The third-order valence-electron chi connectivity index (χ3n) is 2.29. The van der Waals surface area contributed by atoms with Crippen LogP contribution in [0.15, 0.2) is 12.4 Å². The van der Waals surface area contributed by atoms with Crippen molar-refractivity contribution in [1.82, 2.24) is 9.80 Å². The minimum absolute atomic E-state index is 0.223. The van der Waals surface area contributed by atoms with Crippen LogP contribution in [0.3, 0.4) is 0 Å². The van der Waals surface area contributed by atoms with Gasteiger partial charge in [0.15, 0.2) is 0 Å². The minimum atomic E-state index is 0.223. The van der Waals surface area contributed by atoms with Gasteiger partial charge in [-0.05, 0) is 11.8 Å². The highest BCUT2D eigenvalue weighted by Gasteiger charge is 2.19. The van der Waals surface area contributed by atoms with Gasteiger partial charge in [0.2, 0.25) is 5.91 Å². The van der Waals surface area contributed by atoms with Crippen molar-refractivity contribution in [2.24, 2.45) is 5.41 Å². The zero-order valence-corrected chi connectivity index (χ0v) is 9.58. The monoisotopic (exact) mass is 196 g/mol. The van der Waals surface area contributed by atoms with E-state index in [9.17, 15) is 4.79 Å². The molecule has 1 aliphatic rings. The second-order valence-electron chi connectivity index (χ2n) is 5.12. The van der Waals surface area contributed by atoms with Gasteiger partial charge in [0, 0.05) is 25.9 Å². The van der Waals surface area contributed by atoms with Crippen LogP contribution in [0.2, 0.25) is 0 Å². The van der Waals surface area contributed by atoms with Crippen molar-refractivity contribution in [2.45, 2.75) is 33.6 Å². The van der Waals surface area contributed by atoms with E-state index in [4.69, 9.17) is 0 Å². The number of hydrogen-bond donors (Lipinski definition) is 0. The molecular weight excluding hydrogens is 176 g/mol. The second-order valence-corrected chi connectivity index (χ2v) is 5.12. The summed E-state index contributed by atoms with van der Waals surface area (Å²) in [7, 11) is 1.97. The third kappa shape index (κ3) is 3.40. The molecule has 0 unspecified atom stereocenters. The van der Waals surface area contributed by atoms with Crippen LogP contribution in [-0.4, -0.2) is 29.4 Å². The van der Waals surface area contributed by atoms with Gasteiger partial charge in [-0.2, -0.15) is 0 Å². The Kier molecular flexibility index (Phi) is 3.19. The van der Waals surface area contributed by atoms with Gasteiger partial charge in [-0.25, -0.2) is 0 Å². The fraction of sp³-hybridized carbons (Fsp3) is 0.727. The fourth-order valence-corrected chi connectivity index (χ4v) is 1.32. The van der Waals surface area contributed by atoms with E-state index in [1.54, 1.807) is 4.90 Å². The number of carbonyl (C=O) groups excluding carboxylic acids is 1. The quantitative estimate of drug-likeness (QED) is 0.674. The van der Waals surface area contributed by atoms with Crippen LogP contribution in [0.5, 0.6) is 0 Å². The molecule has 0 aliphatic carbocycles. The number of amides is 1. The molecule has 3 heteroatoms. The number of carbonyl (C=O) groups is 1. The lowest BCUT2D eigenvalue weighted by molar-refractivity contribution is -0.129. The maximum absolute atomic E-state index is 11.7. The van der Waals surface area contributed by atoms with Gasteiger partial charge in [0.25, 0.3) is 0 Å². The van der Waals surface area contributed by atoms with Crippen molar-refractivity contribution in [3.8, 4) is 0 Å². The van der Waals surface area contributed by atoms with Gasteiger partial charge in [-0.15, -0.1) is 0 Å². The summed E-state index contributed by atoms with van der Waals surface area (Å²) in [6, 6.07) is 0. The van der Waals surface area contributed by atoms with Gasteiger partial charge in [-0.1, -0.05) is 20.8 Å². The molecule has 3 nitrogen and oxygen atoms in total. The zero-order valence-electron chi connectivity index (χ0n) is 9.58. The van der Waals surface area contributed by atoms with Crippen LogP contribution in [0.25, 0.3) is 0 Å². The summed E-state index contributed by atoms with van der Waals surface area (Å²) in [5.41, 5.74) is 0.241. The normalized spacial score (nSPS) is 16.6. The molecule has 1 heterocycles. The molecule has 0 aromatic carbocycles. The van der Waals surface area contributed by atoms with Crippen molar-refractivity contribution >= 4 is 5.91 Å². The van der Waals surface area contributed by atoms with E-state index in [1.807, 2.05) is 24.3 Å². The van der Waals surface area contributed by atoms with Gasteiger partial charge < -0.3 is 4.90 Å². The average Bonchev–Trinajstić information content (AvgIpc) is 2.46. The minimum Gasteiger partial charge on any atom is -0.361 e. The Morgan fingerprint density at radius 2 is 2.00 bits per heavy atom. The zero-order chi connectivity index (χ0) is 10.8. The molecule has 1 aliphatic heterocycles. The largest absolute Gasteiger partial charge is 0.361 e. The fourth-order valence-electron chi connectivity index (χ4n) is 1.32. The van der Waals surface area contributed by atoms with Gasteiger partial charge in [-0.3, -0.25) is 9.69 Å². The summed E-state index contributed by atoms with van der Waals surface area (Å²) in [5, 5.41) is 0. The molecule has 0 radical (unpaired) electrons. The first-order valence-corrected chi connectivity index (χ1v) is 5.06. The summed E-state index contributed by atoms with van der Waals surface area (Å²) in [6.07, 6.45) is 5.36. The van der Waals surface area contributed by atoms with E-state index < -0.39 is 0 Å². The Bertz CT molecular complexity index is 240. The molecule has 1 amide bonds. The first-order valence-electron chi connectivity index (χ1n) is 5.06. The molecular formula is C11H20N2O. The molecule has 80 valence electrons. The topological polar surface area (TPSA) is 23.6 Å². The summed E-state index contributed by atoms with van der Waals surface area (Å²) in [6.45, 7) is 7.17. The summed E-state index contributed by atoms with van der Waals surface area (Å²) >= 11 is 0. The van der Waals surface area contributed by atoms with Crippen LogP contribution >= 0.6 is 0 Å². The lowest BCUT2D eigenvalue weighted by Crippen LogP contribution is -2.29. The van der Waals surface area contributed by atoms with Crippen molar-refractivity contribution in [3.63, 3.8) is 0 Å². The molecule has 0 aromatic heterocycles. The first-order chi connectivity index (χ1) is 6.38. The number of hydrogen-bond acceptors (Lipinski definition) is 2. The van der Waals surface area contributed by atoms with Gasteiger partial charge in [0.1, 0.15) is 0 Å². The van der Waals surface area contributed by atoms with E-state index in [1.165, 1.54) is 0 Å². The van der Waals surface area contributed by atoms with Crippen molar-refractivity contribution in [1.29, 1.82) is 0 Å². The molecule has 0 atom stereocenters. The second kappa shape index (κ2) is 4.03. The Morgan fingerprint density at radius 1 is 1.36 bits per heavy atom. The van der Waals surface area contributed by atoms with E-state index >= 15 is 0 Å². The van der Waals surface area contributed by atoms with Gasteiger partial charge >= 0.3 is 0 Å². The Labute approximate surface area is 86.4 Å². The number of nitrogens with zero attached hydrogens (tertiary/aromatic N) is 2. The Hall–Kier alpha value is -0.990. The lowest BCUT2D eigenvalue weighted by atomic mass is 9.90. The van der Waals surface area contributed by atoms with E-state index in [2.05, 4.69) is 20.8 Å². The van der Waals surface area contributed by atoms with Crippen LogP contribution in [0.4, 0.5) is 0 Å². The lowest BCUT2D eigenvalue weighted by Gasteiger charge is -2.20. The van der Waals surface area contributed by atoms with Crippen molar-refractivity contribution < 1.29 is 4.79 Å². The smallest absolute Gasteiger partial charge is 0.228 e. The van der Waals surface area contributed by atoms with Crippen LogP contribution < -0.4 is 0 Å². The summed E-state index contributed by atoms with van der Waals surface area (Å²) in [4.78, 5) is 15.5. The first kappa shape index (κ1) is 11.1. The van der Waals surface area contributed by atoms with Crippen LogP contribution in [-0.2, 0) is 4.79 Å². The molecule has 1 rings (SSSR count). The molecule has 0 aromatic rings. The van der Waals surface area contributed by atoms with E-state index in [0.29, 0.717) is 13.1 Å². The summed E-state index contributed by atoms with van der Waals surface area (Å²) < 4.78 is 0. The van der Waals surface area contributed by atoms with Crippen molar-refractivity contribution in [2.75, 3.05) is 13.7 Å². The Balaban J connectivity index is 2.33. The van der Waals surface area contributed by atoms with Crippen LogP contribution in [0, 0.1) is 5.41 Å². The number of rotatable bonds is 2. The highest BCUT2D eigenvalue weighted by atomic mass is 16.2. The van der Waals surface area contributed by atoms with Crippen molar-refractivity contribution in [3.05, 3.63) is 12.4 Å². The molecule has 14 heavy (non-hydrogen) atoms. The van der Waals surface area contributed by atoms with E-state index in [0.717, 1.165) is 6.42 Å². The predicted octanol–water partition coefficient (Wildman–Crippen LogP) is 2.02. The van der Waals surface area contributed by atoms with Crippen LogP contribution in [0.1, 0.15) is 33.6 Å². The standard InChI is InChI=1S/C11H20N2O/c1-11(2,3)6-5-10(14)13-8-7-12(4)9-13/h7-8H,5-6,9H2,1-4H3. The van der Waals surface area contributed by atoms with E-state index in [-0.39, 0.29) is 11.3 Å².